The Labute approximate surface area is 111 Å². The van der Waals surface area contributed by atoms with E-state index in [-0.39, 0.29) is 0 Å². The maximum absolute atomic E-state index is 4.42. The van der Waals surface area contributed by atoms with Gasteiger partial charge in [-0.05, 0) is 49.6 Å². The predicted molar refractivity (Wildman–Crippen MR) is 77.3 cm³/mol. The zero-order valence-electron chi connectivity index (χ0n) is 10.7. The lowest BCUT2D eigenvalue weighted by molar-refractivity contribution is 0.543. The zero-order chi connectivity index (χ0) is 12.6. The van der Waals surface area contributed by atoms with Crippen molar-refractivity contribution in [3.8, 4) is 0 Å². The van der Waals surface area contributed by atoms with Crippen molar-refractivity contribution in [2.45, 2.75) is 20.8 Å². The highest BCUT2D eigenvalue weighted by Gasteiger charge is 2.14. The van der Waals surface area contributed by atoms with Crippen LogP contribution >= 0.6 is 15.9 Å². The van der Waals surface area contributed by atoms with Crippen LogP contribution < -0.4 is 0 Å². The van der Waals surface area contributed by atoms with Gasteiger partial charge in [-0.25, -0.2) is 0 Å². The molecule has 0 unspecified atom stereocenters. The highest BCUT2D eigenvalue weighted by Crippen LogP contribution is 2.28. The van der Waals surface area contributed by atoms with E-state index >= 15 is 0 Å². The van der Waals surface area contributed by atoms with Crippen LogP contribution in [0.4, 0.5) is 0 Å². The molecule has 0 amide bonds. The van der Waals surface area contributed by atoms with Gasteiger partial charge in [0.2, 0.25) is 0 Å². The molecule has 0 saturated heterocycles. The summed E-state index contributed by atoms with van der Waals surface area (Å²) in [6.45, 7) is 7.21. The van der Waals surface area contributed by atoms with Crippen molar-refractivity contribution < 1.29 is 0 Å². The second kappa shape index (κ2) is 4.65. The van der Waals surface area contributed by atoms with Crippen LogP contribution in [0, 0.1) is 13.8 Å². The van der Waals surface area contributed by atoms with Crippen molar-refractivity contribution in [2.24, 2.45) is 4.99 Å². The summed E-state index contributed by atoms with van der Waals surface area (Å²) in [4.78, 5) is 6.66. The van der Waals surface area contributed by atoms with Gasteiger partial charge in [-0.2, -0.15) is 0 Å². The normalized spacial score (nSPS) is 15.7. The van der Waals surface area contributed by atoms with Gasteiger partial charge in [0.25, 0.3) is 0 Å². The molecule has 0 aromatic heterocycles. The molecule has 0 saturated carbocycles. The van der Waals surface area contributed by atoms with Gasteiger partial charge < -0.3 is 4.90 Å². The molecule has 1 aliphatic heterocycles. The molecule has 2 rings (SSSR count). The fourth-order valence-corrected chi connectivity index (χ4v) is 2.36. The average Bonchev–Trinajstić information content (AvgIpc) is 2.25. The molecule has 0 bridgehead atoms. The number of aryl methyl sites for hydroxylation is 2. The molecule has 0 spiro atoms. The van der Waals surface area contributed by atoms with Gasteiger partial charge in [0.1, 0.15) is 0 Å². The van der Waals surface area contributed by atoms with Crippen molar-refractivity contribution in [1.82, 2.24) is 4.90 Å². The van der Waals surface area contributed by atoms with E-state index in [9.17, 15) is 0 Å². The molecule has 1 aliphatic rings. The second-order valence-corrected chi connectivity index (χ2v) is 5.45. The molecule has 0 atom stereocenters. The van der Waals surface area contributed by atoms with Crippen LogP contribution in [-0.4, -0.2) is 24.2 Å². The summed E-state index contributed by atoms with van der Waals surface area (Å²) < 4.78 is 1.19. The van der Waals surface area contributed by atoms with Crippen LogP contribution in [0.3, 0.4) is 0 Å². The Kier molecular flexibility index (Phi) is 3.38. The van der Waals surface area contributed by atoms with Gasteiger partial charge in [-0.1, -0.05) is 15.9 Å². The molecule has 0 aliphatic carbocycles. The minimum atomic E-state index is 0.903. The lowest BCUT2D eigenvalue weighted by atomic mass is 10.0. The molecule has 0 radical (unpaired) electrons. The maximum atomic E-state index is 4.42. The highest BCUT2D eigenvalue weighted by atomic mass is 79.9. The van der Waals surface area contributed by atoms with Crippen LogP contribution in [0.2, 0.25) is 0 Å². The second-order valence-electron chi connectivity index (χ2n) is 4.66. The van der Waals surface area contributed by atoms with E-state index in [0.717, 1.165) is 12.3 Å². The van der Waals surface area contributed by atoms with Crippen LogP contribution in [0.1, 0.15) is 23.6 Å². The van der Waals surface area contributed by atoms with Gasteiger partial charge in [-0.3, -0.25) is 4.99 Å². The Balaban J connectivity index is 2.48. The van der Waals surface area contributed by atoms with Gasteiger partial charge in [0, 0.05) is 17.2 Å². The number of benzene rings is 1. The van der Waals surface area contributed by atoms with Crippen molar-refractivity contribution in [2.75, 3.05) is 13.6 Å². The molecular formula is C14H17BrN2. The SMILES string of the molecule is CC1=NC=C(c2cc(C)c(Br)c(C)c2)N(C)C1. The molecule has 1 heterocycles. The number of aliphatic imine (C=N–C) groups is 1. The number of hydrogen-bond acceptors (Lipinski definition) is 2. The Morgan fingerprint density at radius 2 is 1.76 bits per heavy atom. The first kappa shape index (κ1) is 12.4. The van der Waals surface area contributed by atoms with Crippen LogP contribution in [-0.2, 0) is 0 Å². The topological polar surface area (TPSA) is 15.6 Å². The van der Waals surface area contributed by atoms with Crippen molar-refractivity contribution >= 4 is 27.3 Å². The van der Waals surface area contributed by atoms with E-state index < -0.39 is 0 Å². The van der Waals surface area contributed by atoms with E-state index in [1.54, 1.807) is 0 Å². The third kappa shape index (κ3) is 2.44. The average molecular weight is 293 g/mol. The van der Waals surface area contributed by atoms with Gasteiger partial charge in [0.05, 0.1) is 18.4 Å². The largest absolute Gasteiger partial charge is 0.367 e. The summed E-state index contributed by atoms with van der Waals surface area (Å²) in [5.41, 5.74) is 6.11. The van der Waals surface area contributed by atoms with Crippen LogP contribution in [0.15, 0.2) is 27.8 Å². The summed E-state index contributed by atoms with van der Waals surface area (Å²) >= 11 is 3.60. The Hall–Kier alpha value is -1.09. The monoisotopic (exact) mass is 292 g/mol. The highest BCUT2D eigenvalue weighted by molar-refractivity contribution is 9.10. The number of nitrogens with zero attached hydrogens (tertiary/aromatic N) is 2. The minimum absolute atomic E-state index is 0.903. The Morgan fingerprint density at radius 1 is 1.18 bits per heavy atom. The summed E-state index contributed by atoms with van der Waals surface area (Å²) in [6.07, 6.45) is 1.96. The first-order valence-corrected chi connectivity index (χ1v) is 6.50. The Morgan fingerprint density at radius 3 is 2.29 bits per heavy atom. The van der Waals surface area contributed by atoms with Crippen molar-refractivity contribution in [1.29, 1.82) is 0 Å². The van der Waals surface area contributed by atoms with Gasteiger partial charge in [-0.15, -0.1) is 0 Å². The number of rotatable bonds is 1. The number of hydrogen-bond donors (Lipinski definition) is 0. The molecule has 3 heteroatoms. The van der Waals surface area contributed by atoms with Crippen LogP contribution in [0.25, 0.3) is 5.70 Å². The molecule has 0 N–H and O–H groups in total. The summed E-state index contributed by atoms with van der Waals surface area (Å²) in [6, 6.07) is 4.41. The molecule has 1 aromatic carbocycles. The standard InChI is InChI=1S/C14H17BrN2/c1-9-5-12(6-10(2)14(9)15)13-7-16-11(3)8-17(13)4/h5-7H,8H2,1-4H3. The molecule has 0 fully saturated rings. The summed E-state index contributed by atoms with van der Waals surface area (Å²) in [5, 5.41) is 0. The van der Waals surface area contributed by atoms with E-state index in [1.807, 2.05) is 6.20 Å². The van der Waals surface area contributed by atoms with E-state index in [0.29, 0.717) is 0 Å². The lowest BCUT2D eigenvalue weighted by Gasteiger charge is -2.26. The molecule has 17 heavy (non-hydrogen) atoms. The van der Waals surface area contributed by atoms with Crippen molar-refractivity contribution in [3.63, 3.8) is 0 Å². The lowest BCUT2D eigenvalue weighted by Crippen LogP contribution is -2.25. The molecule has 90 valence electrons. The quantitative estimate of drug-likeness (QED) is 0.769. The van der Waals surface area contributed by atoms with E-state index in [2.05, 4.69) is 65.8 Å². The van der Waals surface area contributed by atoms with E-state index in [1.165, 1.54) is 26.9 Å². The fraction of sp³-hybridized carbons (Fsp3) is 0.357. The predicted octanol–water partition coefficient (Wildman–Crippen LogP) is 3.77. The zero-order valence-corrected chi connectivity index (χ0v) is 12.3. The summed E-state index contributed by atoms with van der Waals surface area (Å²) in [5.74, 6) is 0. The number of halogens is 1. The fourth-order valence-electron chi connectivity index (χ4n) is 2.13. The van der Waals surface area contributed by atoms with Crippen molar-refractivity contribution in [3.05, 3.63) is 39.5 Å². The molecular weight excluding hydrogens is 276 g/mol. The van der Waals surface area contributed by atoms with Gasteiger partial charge in [0.15, 0.2) is 0 Å². The first-order valence-electron chi connectivity index (χ1n) is 5.70. The third-order valence-electron chi connectivity index (χ3n) is 3.02. The molecule has 1 aromatic rings. The van der Waals surface area contributed by atoms with Crippen LogP contribution in [0.5, 0.6) is 0 Å². The van der Waals surface area contributed by atoms with E-state index in [4.69, 9.17) is 0 Å². The maximum Gasteiger partial charge on any atom is 0.0626 e. The molecule has 2 nitrogen and oxygen atoms in total. The minimum Gasteiger partial charge on any atom is -0.367 e. The Bertz CT molecular complexity index is 492. The third-order valence-corrected chi connectivity index (χ3v) is 4.27. The summed E-state index contributed by atoms with van der Waals surface area (Å²) in [7, 11) is 2.11. The van der Waals surface area contributed by atoms with Gasteiger partial charge >= 0.3 is 0 Å². The smallest absolute Gasteiger partial charge is 0.0626 e. The first-order chi connectivity index (χ1) is 7.99.